The van der Waals surface area contributed by atoms with Gasteiger partial charge in [-0.05, 0) is 6.42 Å². The summed E-state index contributed by atoms with van der Waals surface area (Å²) in [5, 5.41) is 17.6. The lowest BCUT2D eigenvalue weighted by Gasteiger charge is -2.18. The molecule has 70 valence electrons. The fourth-order valence-corrected chi connectivity index (χ4v) is 1.26. The average molecular weight is 174 g/mol. The monoisotopic (exact) mass is 174 g/mol. The number of aliphatic hydroxyl groups is 2. The van der Waals surface area contributed by atoms with Crippen molar-refractivity contribution in [2.24, 2.45) is 5.73 Å². The molecule has 5 nitrogen and oxygen atoms in total. The van der Waals surface area contributed by atoms with Crippen molar-refractivity contribution in [1.29, 1.82) is 0 Å². The number of nitrogens with two attached hydrogens (primary N) is 1. The largest absolute Gasteiger partial charge is 0.394 e. The summed E-state index contributed by atoms with van der Waals surface area (Å²) in [6.45, 7) is 0.444. The van der Waals surface area contributed by atoms with Crippen LogP contribution in [0.4, 0.5) is 0 Å². The van der Waals surface area contributed by atoms with Crippen LogP contribution in [0.2, 0.25) is 0 Å². The van der Waals surface area contributed by atoms with Gasteiger partial charge in [0.2, 0.25) is 5.91 Å². The van der Waals surface area contributed by atoms with Gasteiger partial charge in [-0.2, -0.15) is 0 Å². The molecule has 2 unspecified atom stereocenters. The fraction of sp³-hybridized carbons (Fsp3) is 0.857. The van der Waals surface area contributed by atoms with E-state index in [-0.39, 0.29) is 19.1 Å². The van der Waals surface area contributed by atoms with Crippen molar-refractivity contribution < 1.29 is 15.0 Å². The van der Waals surface area contributed by atoms with Gasteiger partial charge in [0.15, 0.2) is 0 Å². The van der Waals surface area contributed by atoms with Crippen LogP contribution in [0.1, 0.15) is 6.42 Å². The molecule has 1 amide bonds. The van der Waals surface area contributed by atoms with E-state index in [1.165, 1.54) is 4.90 Å². The van der Waals surface area contributed by atoms with Gasteiger partial charge < -0.3 is 20.8 Å². The van der Waals surface area contributed by atoms with Crippen LogP contribution in [0.15, 0.2) is 0 Å². The van der Waals surface area contributed by atoms with Gasteiger partial charge in [-0.15, -0.1) is 0 Å². The quantitative estimate of drug-likeness (QED) is 0.457. The number of hydrogen-bond acceptors (Lipinski definition) is 4. The zero-order valence-electron chi connectivity index (χ0n) is 6.81. The molecule has 1 aliphatic rings. The molecule has 5 heteroatoms. The van der Waals surface area contributed by atoms with Crippen molar-refractivity contribution in [2.45, 2.75) is 18.6 Å². The Morgan fingerprint density at radius 1 is 1.75 bits per heavy atom. The minimum Gasteiger partial charge on any atom is -0.394 e. The smallest absolute Gasteiger partial charge is 0.239 e. The Hall–Kier alpha value is -0.650. The van der Waals surface area contributed by atoms with Gasteiger partial charge in [-0.25, -0.2) is 0 Å². The molecule has 1 heterocycles. The first-order valence-corrected chi connectivity index (χ1v) is 3.98. The molecular weight excluding hydrogens is 160 g/mol. The van der Waals surface area contributed by atoms with E-state index >= 15 is 0 Å². The maximum Gasteiger partial charge on any atom is 0.239 e. The summed E-state index contributed by atoms with van der Waals surface area (Å²) >= 11 is 0. The van der Waals surface area contributed by atoms with Crippen LogP contribution in [0, 0.1) is 0 Å². The van der Waals surface area contributed by atoms with Gasteiger partial charge in [-0.1, -0.05) is 0 Å². The highest BCUT2D eigenvalue weighted by molar-refractivity contribution is 5.83. The summed E-state index contributed by atoms with van der Waals surface area (Å²) in [5.41, 5.74) is 5.45. The zero-order valence-corrected chi connectivity index (χ0v) is 6.81. The van der Waals surface area contributed by atoms with E-state index in [1.54, 1.807) is 0 Å². The lowest BCUT2D eigenvalue weighted by Crippen LogP contribution is -2.39. The maximum atomic E-state index is 11.2. The normalized spacial score (nSPS) is 26.4. The lowest BCUT2D eigenvalue weighted by atomic mass is 10.3. The molecule has 2 atom stereocenters. The number of carbonyl (C=O) groups excluding carboxylic acids is 1. The first-order chi connectivity index (χ1) is 5.65. The number of hydrogen-bond donors (Lipinski definition) is 3. The van der Waals surface area contributed by atoms with Gasteiger partial charge in [0.05, 0.1) is 18.8 Å². The second-order valence-electron chi connectivity index (χ2n) is 3.02. The predicted molar refractivity (Wildman–Crippen MR) is 42.3 cm³/mol. The molecule has 0 bridgehead atoms. The van der Waals surface area contributed by atoms with E-state index in [0.29, 0.717) is 13.0 Å². The molecule has 4 N–H and O–H groups in total. The number of nitrogens with zero attached hydrogens (tertiary/aromatic N) is 1. The summed E-state index contributed by atoms with van der Waals surface area (Å²) in [5.74, 6) is -0.137. The van der Waals surface area contributed by atoms with Gasteiger partial charge in [0.1, 0.15) is 0 Å². The maximum absolute atomic E-state index is 11.2. The van der Waals surface area contributed by atoms with E-state index in [9.17, 15) is 4.79 Å². The molecule has 0 aliphatic carbocycles. The Balaban J connectivity index is 2.39. The van der Waals surface area contributed by atoms with Crippen LogP contribution in [0.5, 0.6) is 0 Å². The van der Waals surface area contributed by atoms with Gasteiger partial charge in [0.25, 0.3) is 0 Å². The van der Waals surface area contributed by atoms with Crippen LogP contribution in [-0.4, -0.2) is 52.9 Å². The molecule has 0 saturated carbocycles. The molecule has 1 rings (SSSR count). The van der Waals surface area contributed by atoms with Gasteiger partial charge >= 0.3 is 0 Å². The van der Waals surface area contributed by atoms with Crippen molar-refractivity contribution >= 4 is 5.91 Å². The lowest BCUT2D eigenvalue weighted by molar-refractivity contribution is -0.130. The Kier molecular flexibility index (Phi) is 3.02. The van der Waals surface area contributed by atoms with Crippen LogP contribution in [0.3, 0.4) is 0 Å². The Morgan fingerprint density at radius 2 is 2.42 bits per heavy atom. The van der Waals surface area contributed by atoms with Crippen LogP contribution in [0.25, 0.3) is 0 Å². The average Bonchev–Trinajstić information content (AvgIpc) is 2.36. The minimum absolute atomic E-state index is 0.137. The third-order valence-corrected chi connectivity index (χ3v) is 1.98. The molecule has 12 heavy (non-hydrogen) atoms. The SMILES string of the molecule is NC1CCN(CC(O)CO)C1=O. The first-order valence-electron chi connectivity index (χ1n) is 3.98. The minimum atomic E-state index is -0.848. The zero-order chi connectivity index (χ0) is 9.14. The molecule has 0 aromatic carbocycles. The molecule has 0 aromatic heterocycles. The van der Waals surface area contributed by atoms with Crippen molar-refractivity contribution in [2.75, 3.05) is 19.7 Å². The molecule has 1 fully saturated rings. The van der Waals surface area contributed by atoms with Crippen molar-refractivity contribution in [3.63, 3.8) is 0 Å². The molecule has 0 radical (unpaired) electrons. The summed E-state index contributed by atoms with van der Waals surface area (Å²) in [4.78, 5) is 12.6. The van der Waals surface area contributed by atoms with Crippen LogP contribution >= 0.6 is 0 Å². The van der Waals surface area contributed by atoms with Gasteiger partial charge in [0, 0.05) is 13.1 Å². The summed E-state index contributed by atoms with van der Waals surface area (Å²) in [7, 11) is 0. The molecule has 1 aliphatic heterocycles. The molecular formula is C7H14N2O3. The van der Waals surface area contributed by atoms with Crippen LogP contribution in [-0.2, 0) is 4.79 Å². The van der Waals surface area contributed by atoms with E-state index in [2.05, 4.69) is 0 Å². The van der Waals surface area contributed by atoms with Crippen molar-refractivity contribution in [3.8, 4) is 0 Å². The third-order valence-electron chi connectivity index (χ3n) is 1.98. The molecule has 0 spiro atoms. The number of likely N-dealkylation sites (tertiary alicyclic amines) is 1. The highest BCUT2D eigenvalue weighted by Crippen LogP contribution is 2.08. The Bertz CT molecular complexity index is 174. The highest BCUT2D eigenvalue weighted by atomic mass is 16.3. The first kappa shape index (κ1) is 9.44. The summed E-state index contributed by atoms with van der Waals surface area (Å²) in [6, 6.07) is -0.420. The van der Waals surface area contributed by atoms with Crippen molar-refractivity contribution in [3.05, 3.63) is 0 Å². The number of amides is 1. The standard InChI is InChI=1S/C7H14N2O3/c8-6-1-2-9(7(6)12)3-5(11)4-10/h5-6,10-11H,1-4,8H2. The molecule has 1 saturated heterocycles. The number of β-amino-alcohol motifs (C(OH)–C–C–N with tert-alkyl or cyclic N) is 1. The van der Waals surface area contributed by atoms with Crippen molar-refractivity contribution in [1.82, 2.24) is 4.90 Å². The van der Waals surface area contributed by atoms with E-state index in [0.717, 1.165) is 0 Å². The second-order valence-corrected chi connectivity index (χ2v) is 3.02. The van der Waals surface area contributed by atoms with E-state index < -0.39 is 12.1 Å². The fourth-order valence-electron chi connectivity index (χ4n) is 1.26. The topological polar surface area (TPSA) is 86.8 Å². The van der Waals surface area contributed by atoms with E-state index in [1.807, 2.05) is 0 Å². The Labute approximate surface area is 70.8 Å². The number of carbonyl (C=O) groups is 1. The van der Waals surface area contributed by atoms with Crippen LogP contribution < -0.4 is 5.73 Å². The Morgan fingerprint density at radius 3 is 2.83 bits per heavy atom. The summed E-state index contributed by atoms with van der Waals surface area (Å²) < 4.78 is 0. The second kappa shape index (κ2) is 3.84. The highest BCUT2D eigenvalue weighted by Gasteiger charge is 2.29. The number of aliphatic hydroxyl groups excluding tert-OH is 2. The third kappa shape index (κ3) is 1.94. The van der Waals surface area contributed by atoms with Gasteiger partial charge in [-0.3, -0.25) is 4.79 Å². The number of rotatable bonds is 3. The predicted octanol–water partition coefficient (Wildman–Crippen LogP) is -2.10. The summed E-state index contributed by atoms with van der Waals surface area (Å²) in [6.07, 6.45) is -0.212. The molecule has 0 aromatic rings. The van der Waals surface area contributed by atoms with E-state index in [4.69, 9.17) is 15.9 Å².